The van der Waals surface area contributed by atoms with Crippen LogP contribution in [-0.2, 0) is 9.53 Å². The molecule has 0 spiro atoms. The number of esters is 1. The Balaban J connectivity index is 1.74. The van der Waals surface area contributed by atoms with Crippen molar-refractivity contribution in [2.45, 2.75) is 39.5 Å². The van der Waals surface area contributed by atoms with Gasteiger partial charge in [0.2, 0.25) is 0 Å². The standard InChI is InChI=1S/C16H22N2O2S2/c1-11-9-13(12(2)22-11)14-10-21-16(18-14)17-8-6-4-5-7-15(19)20-3/h9-10H,4-8H2,1-3H3,(H,17,18). The summed E-state index contributed by atoms with van der Waals surface area (Å²) in [5, 5.41) is 6.43. The first-order valence-electron chi connectivity index (χ1n) is 7.43. The maximum atomic E-state index is 11.0. The Labute approximate surface area is 139 Å². The lowest BCUT2D eigenvalue weighted by Gasteiger charge is -2.02. The van der Waals surface area contributed by atoms with Crippen LogP contribution >= 0.6 is 22.7 Å². The van der Waals surface area contributed by atoms with E-state index in [0.717, 1.165) is 36.6 Å². The maximum absolute atomic E-state index is 11.0. The molecule has 0 fully saturated rings. The fourth-order valence-electron chi connectivity index (χ4n) is 2.23. The topological polar surface area (TPSA) is 51.2 Å². The van der Waals surface area contributed by atoms with Crippen LogP contribution in [0.4, 0.5) is 5.13 Å². The third-order valence-corrected chi connectivity index (χ3v) is 5.15. The molecule has 0 radical (unpaired) electrons. The first-order chi connectivity index (χ1) is 10.6. The molecule has 0 aliphatic heterocycles. The van der Waals surface area contributed by atoms with Gasteiger partial charge < -0.3 is 10.1 Å². The monoisotopic (exact) mass is 338 g/mol. The minimum atomic E-state index is -0.126. The Hall–Kier alpha value is -1.40. The zero-order valence-corrected chi connectivity index (χ0v) is 14.9. The molecule has 0 aliphatic rings. The van der Waals surface area contributed by atoms with Crippen LogP contribution in [0.25, 0.3) is 11.3 Å². The average Bonchev–Trinajstić information content (AvgIpc) is 3.08. The first kappa shape index (κ1) is 17.0. The molecule has 2 heterocycles. The van der Waals surface area contributed by atoms with E-state index in [4.69, 9.17) is 0 Å². The number of thiazole rings is 1. The fourth-order valence-corrected chi connectivity index (χ4v) is 3.90. The summed E-state index contributed by atoms with van der Waals surface area (Å²) in [5.74, 6) is -0.126. The number of rotatable bonds is 8. The second-order valence-electron chi connectivity index (χ2n) is 5.18. The Morgan fingerprint density at radius 3 is 2.82 bits per heavy atom. The lowest BCUT2D eigenvalue weighted by atomic mass is 10.2. The number of hydrogen-bond acceptors (Lipinski definition) is 6. The van der Waals surface area contributed by atoms with Crippen LogP contribution in [0.2, 0.25) is 0 Å². The molecule has 0 bridgehead atoms. The molecule has 0 aromatic carbocycles. The van der Waals surface area contributed by atoms with E-state index in [1.807, 2.05) is 11.3 Å². The number of carbonyl (C=O) groups is 1. The number of ether oxygens (including phenoxy) is 1. The van der Waals surface area contributed by atoms with Gasteiger partial charge in [-0.05, 0) is 32.8 Å². The minimum Gasteiger partial charge on any atom is -0.469 e. The number of nitrogens with zero attached hydrogens (tertiary/aromatic N) is 1. The van der Waals surface area contributed by atoms with Gasteiger partial charge in [0.15, 0.2) is 5.13 Å². The lowest BCUT2D eigenvalue weighted by Crippen LogP contribution is -2.03. The molecule has 0 amide bonds. The van der Waals surface area contributed by atoms with Gasteiger partial charge in [0, 0.05) is 33.7 Å². The molecule has 22 heavy (non-hydrogen) atoms. The molecule has 0 saturated heterocycles. The second-order valence-corrected chi connectivity index (χ2v) is 7.50. The van der Waals surface area contributed by atoms with Gasteiger partial charge in [-0.15, -0.1) is 22.7 Å². The number of carbonyl (C=O) groups excluding carboxylic acids is 1. The number of thiophene rings is 1. The first-order valence-corrected chi connectivity index (χ1v) is 9.13. The van der Waals surface area contributed by atoms with E-state index in [1.54, 1.807) is 11.3 Å². The zero-order chi connectivity index (χ0) is 15.9. The summed E-state index contributed by atoms with van der Waals surface area (Å²) in [5.41, 5.74) is 2.30. The predicted octanol–water partition coefficient (Wildman–Crippen LogP) is 4.63. The van der Waals surface area contributed by atoms with Crippen molar-refractivity contribution in [1.29, 1.82) is 0 Å². The highest BCUT2D eigenvalue weighted by Crippen LogP contribution is 2.32. The normalized spacial score (nSPS) is 10.7. The molecule has 0 saturated carbocycles. The number of anilines is 1. The van der Waals surface area contributed by atoms with Crippen molar-refractivity contribution in [1.82, 2.24) is 4.98 Å². The quantitative estimate of drug-likeness (QED) is 0.563. The predicted molar refractivity (Wildman–Crippen MR) is 93.9 cm³/mol. The van der Waals surface area contributed by atoms with E-state index in [-0.39, 0.29) is 5.97 Å². The molecule has 4 nitrogen and oxygen atoms in total. The third kappa shape index (κ3) is 4.81. The Kier molecular flexibility index (Phi) is 6.39. The van der Waals surface area contributed by atoms with Crippen LogP contribution in [0.3, 0.4) is 0 Å². The smallest absolute Gasteiger partial charge is 0.305 e. The van der Waals surface area contributed by atoms with Crippen LogP contribution in [0.15, 0.2) is 11.4 Å². The van der Waals surface area contributed by atoms with E-state index in [9.17, 15) is 4.79 Å². The SMILES string of the molecule is COC(=O)CCCCCNc1nc(-c2cc(C)sc2C)cs1. The highest BCUT2D eigenvalue weighted by molar-refractivity contribution is 7.14. The average molecular weight is 338 g/mol. The summed E-state index contributed by atoms with van der Waals surface area (Å²) in [7, 11) is 1.43. The van der Waals surface area contributed by atoms with Gasteiger partial charge in [-0.1, -0.05) is 6.42 Å². The Bertz CT molecular complexity index is 619. The minimum absolute atomic E-state index is 0.126. The number of aryl methyl sites for hydroxylation is 2. The summed E-state index contributed by atoms with van der Waals surface area (Å²) in [4.78, 5) is 18.3. The molecule has 6 heteroatoms. The van der Waals surface area contributed by atoms with Crippen LogP contribution in [-0.4, -0.2) is 24.6 Å². The fraction of sp³-hybridized carbons (Fsp3) is 0.500. The van der Waals surface area contributed by atoms with Crippen molar-refractivity contribution < 1.29 is 9.53 Å². The van der Waals surface area contributed by atoms with Crippen molar-refractivity contribution in [3.8, 4) is 11.3 Å². The molecular formula is C16H22N2O2S2. The highest BCUT2D eigenvalue weighted by Gasteiger charge is 2.09. The summed E-state index contributed by atoms with van der Waals surface area (Å²) < 4.78 is 4.62. The highest BCUT2D eigenvalue weighted by atomic mass is 32.1. The number of aromatic nitrogens is 1. The van der Waals surface area contributed by atoms with E-state index in [1.165, 1.54) is 22.4 Å². The second kappa shape index (κ2) is 8.29. The number of methoxy groups -OCH3 is 1. The Morgan fingerprint density at radius 2 is 2.14 bits per heavy atom. The van der Waals surface area contributed by atoms with Crippen LogP contribution in [0.5, 0.6) is 0 Å². The summed E-state index contributed by atoms with van der Waals surface area (Å²) in [6.07, 6.45) is 3.44. The maximum Gasteiger partial charge on any atom is 0.305 e. The molecule has 2 aromatic rings. The van der Waals surface area contributed by atoms with Crippen molar-refractivity contribution in [2.75, 3.05) is 19.0 Å². The molecule has 1 N–H and O–H groups in total. The van der Waals surface area contributed by atoms with Gasteiger partial charge in [-0.2, -0.15) is 0 Å². The molecule has 0 aliphatic carbocycles. The van der Waals surface area contributed by atoms with Crippen LogP contribution in [0.1, 0.15) is 35.4 Å². The van der Waals surface area contributed by atoms with Gasteiger partial charge >= 0.3 is 5.97 Å². The van der Waals surface area contributed by atoms with E-state index in [0.29, 0.717) is 6.42 Å². The molecule has 0 unspecified atom stereocenters. The third-order valence-electron chi connectivity index (χ3n) is 3.38. The largest absolute Gasteiger partial charge is 0.469 e. The van der Waals surface area contributed by atoms with Crippen molar-refractivity contribution in [2.24, 2.45) is 0 Å². The summed E-state index contributed by atoms with van der Waals surface area (Å²) in [6.45, 7) is 5.15. The van der Waals surface area contributed by atoms with Crippen LogP contribution in [0, 0.1) is 13.8 Å². The van der Waals surface area contributed by atoms with Gasteiger partial charge in [-0.3, -0.25) is 4.79 Å². The number of nitrogens with one attached hydrogen (secondary N) is 1. The van der Waals surface area contributed by atoms with Gasteiger partial charge in [0.25, 0.3) is 0 Å². The number of unbranched alkanes of at least 4 members (excludes halogenated alkanes) is 2. The summed E-state index contributed by atoms with van der Waals surface area (Å²) >= 11 is 3.45. The lowest BCUT2D eigenvalue weighted by molar-refractivity contribution is -0.140. The molecular weight excluding hydrogens is 316 g/mol. The molecule has 120 valence electrons. The van der Waals surface area contributed by atoms with Gasteiger partial charge in [-0.25, -0.2) is 4.98 Å². The van der Waals surface area contributed by atoms with Crippen molar-refractivity contribution in [3.05, 3.63) is 21.2 Å². The van der Waals surface area contributed by atoms with Gasteiger partial charge in [0.1, 0.15) is 0 Å². The number of hydrogen-bond donors (Lipinski definition) is 1. The Morgan fingerprint density at radius 1 is 1.32 bits per heavy atom. The van der Waals surface area contributed by atoms with E-state index < -0.39 is 0 Å². The zero-order valence-electron chi connectivity index (χ0n) is 13.3. The molecule has 2 aromatic heterocycles. The van der Waals surface area contributed by atoms with Crippen LogP contribution < -0.4 is 5.32 Å². The van der Waals surface area contributed by atoms with Gasteiger partial charge in [0.05, 0.1) is 12.8 Å². The molecule has 2 rings (SSSR count). The van der Waals surface area contributed by atoms with E-state index in [2.05, 4.69) is 40.3 Å². The molecule has 0 atom stereocenters. The van der Waals surface area contributed by atoms with E-state index >= 15 is 0 Å². The summed E-state index contributed by atoms with van der Waals surface area (Å²) in [6, 6.07) is 2.20. The van der Waals surface area contributed by atoms with Crippen molar-refractivity contribution >= 4 is 33.8 Å². The van der Waals surface area contributed by atoms with Crippen molar-refractivity contribution in [3.63, 3.8) is 0 Å².